The molecule has 0 amide bonds. The number of hydrogen-bond acceptors (Lipinski definition) is 1. The minimum Gasteiger partial charge on any atom is -0.324 e. The van der Waals surface area contributed by atoms with Crippen molar-refractivity contribution in [3.8, 4) is 0 Å². The van der Waals surface area contributed by atoms with Crippen LogP contribution in [0.3, 0.4) is 0 Å². The van der Waals surface area contributed by atoms with Gasteiger partial charge in [0.1, 0.15) is 5.82 Å². The summed E-state index contributed by atoms with van der Waals surface area (Å²) in [7, 11) is 0. The topological polar surface area (TPSA) is 26.0 Å². The van der Waals surface area contributed by atoms with Crippen LogP contribution in [0.4, 0.5) is 13.2 Å². The van der Waals surface area contributed by atoms with Gasteiger partial charge in [-0.3, -0.25) is 0 Å². The fourth-order valence-electron chi connectivity index (χ4n) is 2.54. The van der Waals surface area contributed by atoms with E-state index in [4.69, 9.17) is 5.73 Å². The second-order valence-electron chi connectivity index (χ2n) is 4.71. The normalized spacial score (nSPS) is 19.3. The van der Waals surface area contributed by atoms with Crippen molar-refractivity contribution in [1.82, 2.24) is 0 Å². The Balaban J connectivity index is 2.23. The number of rotatable bonds is 2. The first-order valence-electron chi connectivity index (χ1n) is 5.99. The first kappa shape index (κ1) is 12.4. The van der Waals surface area contributed by atoms with Crippen molar-refractivity contribution in [2.24, 2.45) is 11.7 Å². The largest absolute Gasteiger partial charge is 0.324 e. The fraction of sp³-hybridized carbons (Fsp3) is 0.538. The van der Waals surface area contributed by atoms with E-state index in [1.165, 1.54) is 6.42 Å². The molecule has 1 atom stereocenters. The Labute approximate surface area is 98.8 Å². The van der Waals surface area contributed by atoms with Crippen molar-refractivity contribution in [1.29, 1.82) is 0 Å². The molecule has 1 aromatic carbocycles. The van der Waals surface area contributed by atoms with E-state index in [0.717, 1.165) is 31.7 Å². The highest BCUT2D eigenvalue weighted by molar-refractivity contribution is 5.23. The van der Waals surface area contributed by atoms with E-state index in [1.807, 2.05) is 0 Å². The number of benzene rings is 1. The Morgan fingerprint density at radius 2 is 1.53 bits per heavy atom. The molecular formula is C13H16F3N. The molecule has 1 saturated carbocycles. The van der Waals surface area contributed by atoms with Gasteiger partial charge in [0.15, 0.2) is 11.6 Å². The van der Waals surface area contributed by atoms with Gasteiger partial charge in [-0.1, -0.05) is 19.3 Å². The Hall–Kier alpha value is -1.03. The lowest BCUT2D eigenvalue weighted by Gasteiger charge is -2.28. The van der Waals surface area contributed by atoms with Crippen molar-refractivity contribution in [2.75, 3.05) is 0 Å². The van der Waals surface area contributed by atoms with Gasteiger partial charge in [-0.2, -0.15) is 0 Å². The van der Waals surface area contributed by atoms with Crippen LogP contribution in [-0.4, -0.2) is 0 Å². The summed E-state index contributed by atoms with van der Waals surface area (Å²) in [5.41, 5.74) is 6.05. The summed E-state index contributed by atoms with van der Waals surface area (Å²) in [6.45, 7) is 0. The maximum absolute atomic E-state index is 13.5. The molecule has 17 heavy (non-hydrogen) atoms. The predicted molar refractivity (Wildman–Crippen MR) is 59.8 cm³/mol. The molecule has 0 heterocycles. The molecule has 0 aliphatic heterocycles. The van der Waals surface area contributed by atoms with Gasteiger partial charge in [-0.25, -0.2) is 13.2 Å². The summed E-state index contributed by atoms with van der Waals surface area (Å²) in [6, 6.07) is 0.933. The minimum atomic E-state index is -1.16. The molecule has 0 radical (unpaired) electrons. The van der Waals surface area contributed by atoms with Crippen LogP contribution in [0.5, 0.6) is 0 Å². The van der Waals surface area contributed by atoms with E-state index in [0.29, 0.717) is 6.07 Å². The third-order valence-electron chi connectivity index (χ3n) is 3.56. The zero-order valence-electron chi connectivity index (χ0n) is 9.56. The zero-order chi connectivity index (χ0) is 12.4. The average molecular weight is 243 g/mol. The van der Waals surface area contributed by atoms with E-state index in [2.05, 4.69) is 0 Å². The average Bonchev–Trinajstić information content (AvgIpc) is 2.34. The molecule has 2 rings (SSSR count). The first-order chi connectivity index (χ1) is 8.09. The van der Waals surface area contributed by atoms with Crippen LogP contribution in [0, 0.1) is 23.4 Å². The van der Waals surface area contributed by atoms with E-state index < -0.39 is 23.5 Å². The summed E-state index contributed by atoms with van der Waals surface area (Å²) < 4.78 is 39.4. The summed E-state index contributed by atoms with van der Waals surface area (Å²) in [6.07, 6.45) is 5.18. The molecule has 1 aliphatic carbocycles. The summed E-state index contributed by atoms with van der Waals surface area (Å²) >= 11 is 0. The predicted octanol–water partition coefficient (Wildman–Crippen LogP) is 3.68. The molecule has 4 heteroatoms. The SMILES string of the molecule is N[C@H](c1cc(F)c(F)cc1F)C1CCCCC1. The van der Waals surface area contributed by atoms with Crippen molar-refractivity contribution in [3.63, 3.8) is 0 Å². The third kappa shape index (κ3) is 2.63. The smallest absolute Gasteiger partial charge is 0.161 e. The van der Waals surface area contributed by atoms with Gasteiger partial charge >= 0.3 is 0 Å². The summed E-state index contributed by atoms with van der Waals surface area (Å²) in [4.78, 5) is 0. The van der Waals surface area contributed by atoms with Gasteiger partial charge in [0.25, 0.3) is 0 Å². The highest BCUT2D eigenvalue weighted by Gasteiger charge is 2.25. The molecular weight excluding hydrogens is 227 g/mol. The van der Waals surface area contributed by atoms with E-state index in [-0.39, 0.29) is 11.5 Å². The molecule has 0 saturated heterocycles. The molecule has 2 N–H and O–H groups in total. The lowest BCUT2D eigenvalue weighted by Crippen LogP contribution is -2.24. The first-order valence-corrected chi connectivity index (χ1v) is 5.99. The maximum atomic E-state index is 13.5. The van der Waals surface area contributed by atoms with E-state index in [1.54, 1.807) is 0 Å². The molecule has 1 aromatic rings. The lowest BCUT2D eigenvalue weighted by molar-refractivity contribution is 0.302. The van der Waals surface area contributed by atoms with Crippen molar-refractivity contribution in [3.05, 3.63) is 35.1 Å². The Kier molecular flexibility index (Phi) is 3.72. The number of halogens is 3. The van der Waals surface area contributed by atoms with Gasteiger partial charge in [0, 0.05) is 17.7 Å². The Morgan fingerprint density at radius 1 is 0.941 bits per heavy atom. The van der Waals surface area contributed by atoms with Crippen molar-refractivity contribution < 1.29 is 13.2 Å². The van der Waals surface area contributed by atoms with Crippen molar-refractivity contribution >= 4 is 0 Å². The zero-order valence-corrected chi connectivity index (χ0v) is 9.56. The van der Waals surface area contributed by atoms with Crippen LogP contribution in [0.15, 0.2) is 12.1 Å². The Morgan fingerprint density at radius 3 is 2.18 bits per heavy atom. The quantitative estimate of drug-likeness (QED) is 0.788. The van der Waals surface area contributed by atoms with Crippen LogP contribution in [-0.2, 0) is 0 Å². The molecule has 0 bridgehead atoms. The standard InChI is InChI=1S/C13H16F3N/c14-10-7-12(16)11(15)6-9(10)13(17)8-4-2-1-3-5-8/h6-8,13H,1-5,17H2/t13-/m0/s1. The fourth-order valence-corrected chi connectivity index (χ4v) is 2.54. The van der Waals surface area contributed by atoms with Crippen LogP contribution >= 0.6 is 0 Å². The number of hydrogen-bond donors (Lipinski definition) is 1. The maximum Gasteiger partial charge on any atom is 0.161 e. The number of nitrogens with two attached hydrogens (primary N) is 1. The van der Waals surface area contributed by atoms with Crippen LogP contribution in [0.1, 0.15) is 43.7 Å². The van der Waals surface area contributed by atoms with Gasteiger partial charge in [0.05, 0.1) is 0 Å². The van der Waals surface area contributed by atoms with E-state index in [9.17, 15) is 13.2 Å². The third-order valence-corrected chi connectivity index (χ3v) is 3.56. The van der Waals surface area contributed by atoms with E-state index >= 15 is 0 Å². The van der Waals surface area contributed by atoms with Crippen LogP contribution in [0.25, 0.3) is 0 Å². The molecule has 1 nitrogen and oxygen atoms in total. The molecule has 94 valence electrons. The van der Waals surface area contributed by atoms with Gasteiger partial charge in [0.2, 0.25) is 0 Å². The van der Waals surface area contributed by atoms with Gasteiger partial charge in [-0.15, -0.1) is 0 Å². The highest BCUT2D eigenvalue weighted by Crippen LogP contribution is 2.34. The molecule has 1 aliphatic rings. The van der Waals surface area contributed by atoms with Crippen LogP contribution < -0.4 is 5.73 Å². The van der Waals surface area contributed by atoms with Gasteiger partial charge in [-0.05, 0) is 24.8 Å². The molecule has 0 spiro atoms. The molecule has 0 unspecified atom stereocenters. The second-order valence-corrected chi connectivity index (χ2v) is 4.71. The van der Waals surface area contributed by atoms with Crippen molar-refractivity contribution in [2.45, 2.75) is 38.1 Å². The molecule has 0 aromatic heterocycles. The monoisotopic (exact) mass is 243 g/mol. The summed E-state index contributed by atoms with van der Waals surface area (Å²) in [5.74, 6) is -2.78. The van der Waals surface area contributed by atoms with Crippen LogP contribution in [0.2, 0.25) is 0 Å². The lowest BCUT2D eigenvalue weighted by atomic mass is 9.81. The summed E-state index contributed by atoms with van der Waals surface area (Å²) in [5, 5.41) is 0. The van der Waals surface area contributed by atoms with Gasteiger partial charge < -0.3 is 5.73 Å². The Bertz CT molecular complexity index is 400. The highest BCUT2D eigenvalue weighted by atomic mass is 19.2. The second kappa shape index (κ2) is 5.08. The minimum absolute atomic E-state index is 0.0933. The molecule has 1 fully saturated rings.